The number of hydrogen-bond donors (Lipinski definition) is 2. The van der Waals surface area contributed by atoms with E-state index in [1.165, 1.54) is 11.1 Å². The lowest BCUT2D eigenvalue weighted by Crippen LogP contribution is -2.41. The van der Waals surface area contributed by atoms with Crippen molar-refractivity contribution in [2.24, 2.45) is 5.92 Å². The molecule has 0 amide bonds. The van der Waals surface area contributed by atoms with Gasteiger partial charge >= 0.3 is 0 Å². The van der Waals surface area contributed by atoms with Crippen molar-refractivity contribution in [1.29, 1.82) is 5.26 Å². The fraction of sp³-hybridized carbons (Fsp3) is 0.308. The summed E-state index contributed by atoms with van der Waals surface area (Å²) in [6.45, 7) is 5.81. The Kier molecular flexibility index (Phi) is 6.49. The molecule has 0 spiro atoms. The number of anilines is 2. The zero-order valence-electron chi connectivity index (χ0n) is 18.0. The Hall–Kier alpha value is -3.36. The summed E-state index contributed by atoms with van der Waals surface area (Å²) >= 11 is 0. The van der Waals surface area contributed by atoms with Gasteiger partial charge in [-0.15, -0.1) is 0 Å². The average Bonchev–Trinajstić information content (AvgIpc) is 2.84. The summed E-state index contributed by atoms with van der Waals surface area (Å²) in [6, 6.07) is 24.5. The Morgan fingerprint density at radius 2 is 1.81 bits per heavy atom. The number of nitriles is 1. The zero-order chi connectivity index (χ0) is 21.6. The molecule has 4 atom stereocenters. The highest BCUT2D eigenvalue weighted by molar-refractivity contribution is 5.66. The molecule has 1 aliphatic heterocycles. The van der Waals surface area contributed by atoms with Crippen molar-refractivity contribution >= 4 is 11.5 Å². The smallest absolute Gasteiger partial charge is 0.149 e. The first-order chi connectivity index (χ1) is 15.2. The van der Waals surface area contributed by atoms with Gasteiger partial charge in [-0.1, -0.05) is 56.3 Å². The van der Waals surface area contributed by atoms with Gasteiger partial charge in [-0.25, -0.2) is 4.98 Å². The van der Waals surface area contributed by atoms with Gasteiger partial charge in [0.15, 0.2) is 0 Å². The number of benzene rings is 2. The van der Waals surface area contributed by atoms with Crippen LogP contribution in [0.5, 0.6) is 0 Å². The average molecular weight is 413 g/mol. The van der Waals surface area contributed by atoms with Crippen LogP contribution in [0.15, 0.2) is 72.9 Å². The molecule has 2 heterocycles. The van der Waals surface area contributed by atoms with Crippen molar-refractivity contribution in [3.63, 3.8) is 0 Å². The molecule has 1 aliphatic rings. The highest BCUT2D eigenvalue weighted by Gasteiger charge is 2.31. The molecule has 0 saturated heterocycles. The van der Waals surface area contributed by atoms with E-state index in [0.29, 0.717) is 12.2 Å². The number of rotatable bonds is 7. The first-order valence-electron chi connectivity index (χ1n) is 10.8. The quantitative estimate of drug-likeness (QED) is 0.547. The minimum absolute atomic E-state index is 0.0495. The maximum Gasteiger partial charge on any atom is 0.149 e. The van der Waals surface area contributed by atoms with Crippen LogP contribution in [-0.2, 0) is 4.74 Å². The first kappa shape index (κ1) is 20.9. The summed E-state index contributed by atoms with van der Waals surface area (Å²) in [6.07, 6.45) is 1.76. The molecule has 5 nitrogen and oxygen atoms in total. The summed E-state index contributed by atoms with van der Waals surface area (Å²) in [5.74, 6) is 1.34. The van der Waals surface area contributed by atoms with E-state index in [2.05, 4.69) is 59.8 Å². The normalized spacial score (nSPS) is 17.9. The number of fused-ring (bicyclic) bond motifs is 1. The van der Waals surface area contributed by atoms with Crippen LogP contribution in [0.4, 0.5) is 11.5 Å². The highest BCUT2D eigenvalue weighted by Crippen LogP contribution is 2.34. The summed E-state index contributed by atoms with van der Waals surface area (Å²) in [7, 11) is 0. The molecule has 1 aromatic heterocycles. The molecule has 4 rings (SSSR count). The van der Waals surface area contributed by atoms with E-state index in [0.717, 1.165) is 18.1 Å². The van der Waals surface area contributed by atoms with Crippen molar-refractivity contribution in [3.05, 3.63) is 89.6 Å². The molecule has 2 aromatic carbocycles. The molecule has 158 valence electrons. The molecule has 2 N–H and O–H groups in total. The lowest BCUT2D eigenvalue weighted by Gasteiger charge is -2.36. The molecule has 0 aliphatic carbocycles. The van der Waals surface area contributed by atoms with E-state index in [1.807, 2.05) is 48.7 Å². The lowest BCUT2D eigenvalue weighted by molar-refractivity contribution is 0.00489. The number of nitrogens with zero attached hydrogens (tertiary/aromatic N) is 2. The number of pyridine rings is 1. The molecule has 0 saturated carbocycles. The van der Waals surface area contributed by atoms with Crippen molar-refractivity contribution in [1.82, 2.24) is 4.98 Å². The van der Waals surface area contributed by atoms with Crippen molar-refractivity contribution in [2.45, 2.75) is 31.9 Å². The Bertz CT molecular complexity index is 1030. The lowest BCUT2D eigenvalue weighted by atomic mass is 9.89. The second kappa shape index (κ2) is 9.63. The van der Waals surface area contributed by atoms with Gasteiger partial charge in [-0.05, 0) is 35.4 Å². The molecule has 3 aromatic rings. The molecule has 31 heavy (non-hydrogen) atoms. The van der Waals surface area contributed by atoms with E-state index in [-0.39, 0.29) is 24.0 Å². The number of ether oxygens (including phenoxy) is 1. The van der Waals surface area contributed by atoms with E-state index in [9.17, 15) is 0 Å². The predicted octanol–water partition coefficient (Wildman–Crippen LogP) is 5.36. The summed E-state index contributed by atoms with van der Waals surface area (Å²) in [5.41, 5.74) is 4.07. The Morgan fingerprint density at radius 3 is 2.55 bits per heavy atom. The monoisotopic (exact) mass is 412 g/mol. The minimum Gasteiger partial charge on any atom is -0.380 e. The van der Waals surface area contributed by atoms with Gasteiger partial charge in [0.25, 0.3) is 0 Å². The van der Waals surface area contributed by atoms with Crippen LogP contribution in [0.1, 0.15) is 42.6 Å². The largest absolute Gasteiger partial charge is 0.380 e. The molecule has 0 bridgehead atoms. The van der Waals surface area contributed by atoms with Crippen LogP contribution in [0.2, 0.25) is 0 Å². The van der Waals surface area contributed by atoms with Gasteiger partial charge in [0.2, 0.25) is 0 Å². The highest BCUT2D eigenvalue weighted by atomic mass is 16.5. The van der Waals surface area contributed by atoms with Crippen molar-refractivity contribution in [2.75, 3.05) is 23.8 Å². The first-order valence-corrected chi connectivity index (χ1v) is 10.8. The maximum absolute atomic E-state index is 9.03. The second-order valence-corrected chi connectivity index (χ2v) is 8.19. The molecule has 1 unspecified atom stereocenters. The third-order valence-electron chi connectivity index (χ3n) is 6.02. The SMILES string of the molecule is CC([C@@H]1CNc2cccnc2N1)[C@@H](OC[C@H](C)c1ccc(C#N)cc1)c1ccccc1. The van der Waals surface area contributed by atoms with Gasteiger partial charge in [-0.3, -0.25) is 0 Å². The predicted molar refractivity (Wildman–Crippen MR) is 124 cm³/mol. The van der Waals surface area contributed by atoms with Crippen LogP contribution in [0.25, 0.3) is 0 Å². The molecular weight excluding hydrogens is 384 g/mol. The van der Waals surface area contributed by atoms with E-state index in [1.54, 1.807) is 0 Å². The second-order valence-electron chi connectivity index (χ2n) is 8.19. The fourth-order valence-electron chi connectivity index (χ4n) is 4.06. The van der Waals surface area contributed by atoms with Gasteiger partial charge in [0, 0.05) is 24.6 Å². The van der Waals surface area contributed by atoms with Gasteiger partial charge in [0.1, 0.15) is 5.82 Å². The Morgan fingerprint density at radius 1 is 1.03 bits per heavy atom. The van der Waals surface area contributed by atoms with Gasteiger partial charge < -0.3 is 15.4 Å². The van der Waals surface area contributed by atoms with Gasteiger partial charge in [-0.2, -0.15) is 5.26 Å². The number of nitrogens with one attached hydrogen (secondary N) is 2. The van der Waals surface area contributed by atoms with Crippen LogP contribution in [0, 0.1) is 17.2 Å². The third-order valence-corrected chi connectivity index (χ3v) is 6.02. The van der Waals surface area contributed by atoms with Crippen LogP contribution in [-0.4, -0.2) is 24.2 Å². The summed E-state index contributed by atoms with van der Waals surface area (Å²) < 4.78 is 6.55. The zero-order valence-corrected chi connectivity index (χ0v) is 18.0. The van der Waals surface area contributed by atoms with Crippen LogP contribution >= 0.6 is 0 Å². The van der Waals surface area contributed by atoms with E-state index >= 15 is 0 Å². The molecule has 5 heteroatoms. The van der Waals surface area contributed by atoms with Crippen LogP contribution in [0.3, 0.4) is 0 Å². The molecule has 0 fully saturated rings. The van der Waals surface area contributed by atoms with E-state index in [4.69, 9.17) is 10.00 Å². The van der Waals surface area contributed by atoms with E-state index < -0.39 is 0 Å². The number of hydrogen-bond acceptors (Lipinski definition) is 5. The number of aromatic nitrogens is 1. The van der Waals surface area contributed by atoms with Crippen LogP contribution < -0.4 is 10.6 Å². The third kappa shape index (κ3) is 4.87. The molecular formula is C26H28N4O. The standard InChI is InChI=1S/C26H28N4O/c1-18(21-12-10-20(15-27)11-13-21)17-31-25(22-7-4-3-5-8-22)19(2)24-16-29-23-9-6-14-28-26(23)30-24/h3-14,18-19,24-25,29H,16-17H2,1-2H3,(H,28,30)/t18-,19?,24-,25+/m0/s1. The fourth-order valence-corrected chi connectivity index (χ4v) is 4.06. The van der Waals surface area contributed by atoms with Crippen molar-refractivity contribution < 1.29 is 4.74 Å². The Balaban J connectivity index is 1.49. The van der Waals surface area contributed by atoms with Gasteiger partial charge in [0.05, 0.1) is 36.1 Å². The topological polar surface area (TPSA) is 70.0 Å². The summed E-state index contributed by atoms with van der Waals surface area (Å²) in [4.78, 5) is 4.47. The molecule has 0 radical (unpaired) electrons. The minimum atomic E-state index is -0.0495. The maximum atomic E-state index is 9.03. The van der Waals surface area contributed by atoms with Crippen molar-refractivity contribution in [3.8, 4) is 6.07 Å². The Labute approximate surface area is 184 Å². The summed E-state index contributed by atoms with van der Waals surface area (Å²) in [5, 5.41) is 16.1.